The molecule has 1 N–H and O–H groups in total. The molecule has 2 aromatic rings. The lowest BCUT2D eigenvalue weighted by molar-refractivity contribution is -0.123. The number of benzene rings is 2. The Morgan fingerprint density at radius 2 is 1.86 bits per heavy atom. The molecular weight excluding hydrogens is 298 g/mol. The summed E-state index contributed by atoms with van der Waals surface area (Å²) in [5.74, 6) is 0.869. The monoisotopic (exact) mass is 315 g/mol. The average Bonchev–Trinajstić information content (AvgIpc) is 3.36. The zero-order valence-corrected chi connectivity index (χ0v) is 13.2. The molecule has 1 saturated carbocycles. The summed E-state index contributed by atoms with van der Waals surface area (Å²) in [4.78, 5) is 12.6. The first kappa shape index (κ1) is 14.9. The largest absolute Gasteiger partial charge is 0.497 e. The fourth-order valence-corrected chi connectivity index (χ4v) is 2.87. The molecule has 3 nitrogen and oxygen atoms in total. The van der Waals surface area contributed by atoms with Crippen LogP contribution in [0.15, 0.2) is 48.5 Å². The third-order valence-corrected chi connectivity index (χ3v) is 4.59. The Morgan fingerprint density at radius 3 is 2.45 bits per heavy atom. The van der Waals surface area contributed by atoms with Crippen molar-refractivity contribution in [1.82, 2.24) is 5.32 Å². The Kier molecular flexibility index (Phi) is 4.08. The van der Waals surface area contributed by atoms with Crippen molar-refractivity contribution in [2.75, 3.05) is 7.11 Å². The van der Waals surface area contributed by atoms with Gasteiger partial charge in [-0.05, 0) is 42.2 Å². The molecule has 2 aromatic carbocycles. The van der Waals surface area contributed by atoms with E-state index < -0.39 is 0 Å². The minimum absolute atomic E-state index is 0.0672. The zero-order valence-electron chi connectivity index (χ0n) is 12.4. The van der Waals surface area contributed by atoms with Crippen LogP contribution in [0.2, 0.25) is 5.02 Å². The lowest BCUT2D eigenvalue weighted by Crippen LogP contribution is -2.34. The Balaban J connectivity index is 1.70. The number of hydrogen-bond acceptors (Lipinski definition) is 2. The Bertz CT molecular complexity index is 678. The molecule has 0 radical (unpaired) electrons. The highest BCUT2D eigenvalue weighted by atomic mass is 35.5. The lowest BCUT2D eigenvalue weighted by Gasteiger charge is -2.16. The summed E-state index contributed by atoms with van der Waals surface area (Å²) in [5.41, 5.74) is 1.60. The van der Waals surface area contributed by atoms with Crippen LogP contribution in [0.25, 0.3) is 0 Å². The Labute approximate surface area is 135 Å². The van der Waals surface area contributed by atoms with E-state index in [0.717, 1.165) is 29.7 Å². The summed E-state index contributed by atoms with van der Waals surface area (Å²) in [6.07, 6.45) is 1.77. The van der Waals surface area contributed by atoms with E-state index >= 15 is 0 Å². The van der Waals surface area contributed by atoms with Crippen LogP contribution in [0.4, 0.5) is 0 Å². The fraction of sp³-hybridized carbons (Fsp3) is 0.278. The van der Waals surface area contributed by atoms with Crippen molar-refractivity contribution < 1.29 is 9.53 Å². The molecule has 0 spiro atoms. The van der Waals surface area contributed by atoms with Crippen molar-refractivity contribution in [2.45, 2.75) is 24.8 Å². The average molecular weight is 316 g/mol. The molecule has 4 heteroatoms. The molecule has 0 unspecified atom stereocenters. The third kappa shape index (κ3) is 2.81. The van der Waals surface area contributed by atoms with Gasteiger partial charge >= 0.3 is 0 Å². The number of hydrogen-bond donors (Lipinski definition) is 1. The van der Waals surface area contributed by atoms with Crippen LogP contribution in [-0.2, 0) is 16.8 Å². The summed E-state index contributed by atoms with van der Waals surface area (Å²) in [7, 11) is 1.64. The highest BCUT2D eigenvalue weighted by molar-refractivity contribution is 6.31. The minimum atomic E-state index is -0.381. The zero-order chi connectivity index (χ0) is 15.6. The van der Waals surface area contributed by atoms with Crippen LogP contribution >= 0.6 is 11.6 Å². The van der Waals surface area contributed by atoms with Crippen molar-refractivity contribution in [1.29, 1.82) is 0 Å². The predicted molar refractivity (Wildman–Crippen MR) is 87.2 cm³/mol. The Morgan fingerprint density at radius 1 is 1.18 bits per heavy atom. The quantitative estimate of drug-likeness (QED) is 0.913. The first-order valence-corrected chi connectivity index (χ1v) is 7.70. The van der Waals surface area contributed by atoms with Gasteiger partial charge in [0.05, 0.1) is 12.5 Å². The van der Waals surface area contributed by atoms with Gasteiger partial charge in [0.1, 0.15) is 5.75 Å². The Hall–Kier alpha value is -2.00. The summed E-state index contributed by atoms with van der Waals surface area (Å²) in [5, 5.41) is 3.69. The molecule has 0 saturated heterocycles. The van der Waals surface area contributed by atoms with E-state index in [2.05, 4.69) is 5.32 Å². The van der Waals surface area contributed by atoms with Crippen LogP contribution in [0.1, 0.15) is 24.0 Å². The number of carbonyl (C=O) groups is 1. The number of halogens is 1. The lowest BCUT2D eigenvalue weighted by atomic mass is 9.95. The molecule has 1 amide bonds. The van der Waals surface area contributed by atoms with E-state index in [-0.39, 0.29) is 11.3 Å². The normalized spacial score (nSPS) is 15.2. The van der Waals surface area contributed by atoms with E-state index in [1.54, 1.807) is 7.11 Å². The molecule has 1 fully saturated rings. The van der Waals surface area contributed by atoms with Crippen LogP contribution in [0, 0.1) is 0 Å². The molecule has 0 bridgehead atoms. The summed E-state index contributed by atoms with van der Waals surface area (Å²) >= 11 is 6.12. The number of methoxy groups -OCH3 is 1. The minimum Gasteiger partial charge on any atom is -0.497 e. The smallest absolute Gasteiger partial charge is 0.230 e. The first-order valence-electron chi connectivity index (χ1n) is 7.32. The summed E-state index contributed by atoms with van der Waals surface area (Å²) in [6.45, 7) is 0.455. The second-order valence-electron chi connectivity index (χ2n) is 5.58. The predicted octanol–water partition coefficient (Wildman–Crippen LogP) is 3.70. The second-order valence-corrected chi connectivity index (χ2v) is 5.99. The standard InChI is InChI=1S/C18H18ClNO2/c1-22-15-8-6-14(7-9-15)18(10-11-18)17(21)20-12-13-4-2-3-5-16(13)19/h2-9H,10-12H2,1H3,(H,20,21). The van der Waals surface area contributed by atoms with Crippen molar-refractivity contribution in [3.8, 4) is 5.75 Å². The highest BCUT2D eigenvalue weighted by Gasteiger charge is 2.51. The van der Waals surface area contributed by atoms with Crippen molar-refractivity contribution in [3.63, 3.8) is 0 Å². The van der Waals surface area contributed by atoms with Crippen molar-refractivity contribution in [2.24, 2.45) is 0 Å². The van der Waals surface area contributed by atoms with E-state index in [1.807, 2.05) is 48.5 Å². The van der Waals surface area contributed by atoms with Crippen LogP contribution < -0.4 is 10.1 Å². The molecule has 1 aliphatic rings. The first-order chi connectivity index (χ1) is 10.7. The van der Waals surface area contributed by atoms with E-state index in [1.165, 1.54) is 0 Å². The maximum atomic E-state index is 12.6. The molecule has 1 aliphatic carbocycles. The van der Waals surface area contributed by atoms with Crippen molar-refractivity contribution in [3.05, 3.63) is 64.7 Å². The SMILES string of the molecule is COc1ccc(C2(C(=O)NCc3ccccc3Cl)CC2)cc1. The van der Waals surface area contributed by atoms with E-state index in [4.69, 9.17) is 16.3 Å². The van der Waals surface area contributed by atoms with Gasteiger partial charge in [0.15, 0.2) is 0 Å². The molecule has 0 aliphatic heterocycles. The molecule has 22 heavy (non-hydrogen) atoms. The third-order valence-electron chi connectivity index (χ3n) is 4.22. The summed E-state index contributed by atoms with van der Waals surface area (Å²) in [6, 6.07) is 15.3. The van der Waals surface area contributed by atoms with Crippen molar-refractivity contribution >= 4 is 17.5 Å². The van der Waals surface area contributed by atoms with Gasteiger partial charge in [-0.2, -0.15) is 0 Å². The van der Waals surface area contributed by atoms with Gasteiger partial charge in [-0.25, -0.2) is 0 Å². The summed E-state index contributed by atoms with van der Waals surface area (Å²) < 4.78 is 5.17. The van der Waals surface area contributed by atoms with Gasteiger partial charge in [0.2, 0.25) is 5.91 Å². The van der Waals surface area contributed by atoms with Crippen LogP contribution in [-0.4, -0.2) is 13.0 Å². The number of amides is 1. The number of ether oxygens (including phenoxy) is 1. The molecular formula is C18H18ClNO2. The van der Waals surface area contributed by atoms with Gasteiger partial charge < -0.3 is 10.1 Å². The number of nitrogens with one attached hydrogen (secondary N) is 1. The van der Waals surface area contributed by atoms with Gasteiger partial charge in [-0.1, -0.05) is 41.9 Å². The van der Waals surface area contributed by atoms with Gasteiger partial charge in [-0.3, -0.25) is 4.79 Å². The topological polar surface area (TPSA) is 38.3 Å². The second kappa shape index (κ2) is 6.01. The van der Waals surface area contributed by atoms with E-state index in [0.29, 0.717) is 11.6 Å². The maximum absolute atomic E-state index is 12.6. The number of carbonyl (C=O) groups excluding carboxylic acids is 1. The van der Waals surface area contributed by atoms with Gasteiger partial charge in [0, 0.05) is 11.6 Å². The molecule has 3 rings (SSSR count). The maximum Gasteiger partial charge on any atom is 0.230 e. The van der Waals surface area contributed by atoms with Gasteiger partial charge in [-0.15, -0.1) is 0 Å². The highest BCUT2D eigenvalue weighted by Crippen LogP contribution is 2.48. The van der Waals surface area contributed by atoms with E-state index in [9.17, 15) is 4.79 Å². The van der Waals surface area contributed by atoms with Gasteiger partial charge in [0.25, 0.3) is 0 Å². The molecule has 0 atom stereocenters. The number of rotatable bonds is 5. The fourth-order valence-electron chi connectivity index (χ4n) is 2.67. The molecule has 0 aromatic heterocycles. The van der Waals surface area contributed by atoms with Crippen LogP contribution in [0.3, 0.4) is 0 Å². The molecule has 114 valence electrons. The molecule has 0 heterocycles. The van der Waals surface area contributed by atoms with Crippen LogP contribution in [0.5, 0.6) is 5.75 Å².